The Balaban J connectivity index is 2.50. The van der Waals surface area contributed by atoms with Crippen LogP contribution >= 0.6 is 0 Å². The molecular weight excluding hydrogens is 182 g/mol. The van der Waals surface area contributed by atoms with Gasteiger partial charge in [0.05, 0.1) is 18.1 Å². The molecule has 0 saturated heterocycles. The van der Waals surface area contributed by atoms with Gasteiger partial charge in [-0.1, -0.05) is 0 Å². The van der Waals surface area contributed by atoms with Crippen LogP contribution in [-0.2, 0) is 4.74 Å². The van der Waals surface area contributed by atoms with Crippen molar-refractivity contribution in [2.24, 2.45) is 0 Å². The highest BCUT2D eigenvalue weighted by Crippen LogP contribution is 2.09. The Labute approximate surface area is 82.5 Å². The largest absolute Gasteiger partial charge is 0.444 e. The average Bonchev–Trinajstić information content (AvgIpc) is 2.02. The lowest BCUT2D eigenvalue weighted by atomic mass is 10.2. The van der Waals surface area contributed by atoms with Gasteiger partial charge >= 0.3 is 6.09 Å². The van der Waals surface area contributed by atoms with E-state index in [1.807, 2.05) is 0 Å². The third-order valence-electron chi connectivity index (χ3n) is 1.21. The predicted molar refractivity (Wildman–Crippen MR) is 51.9 cm³/mol. The molecule has 0 fully saturated rings. The van der Waals surface area contributed by atoms with Crippen molar-refractivity contribution < 1.29 is 9.53 Å². The highest BCUT2D eigenvalue weighted by atomic mass is 16.6. The van der Waals surface area contributed by atoms with Crippen molar-refractivity contribution in [2.45, 2.75) is 26.4 Å². The minimum Gasteiger partial charge on any atom is -0.444 e. The van der Waals surface area contributed by atoms with Gasteiger partial charge < -0.3 is 4.74 Å². The van der Waals surface area contributed by atoms with Gasteiger partial charge in [-0.25, -0.2) is 14.8 Å². The molecule has 0 aliphatic heterocycles. The maximum atomic E-state index is 11.2. The summed E-state index contributed by atoms with van der Waals surface area (Å²) < 4.78 is 5.04. The van der Waals surface area contributed by atoms with E-state index in [9.17, 15) is 4.79 Å². The zero-order chi connectivity index (χ0) is 10.6. The lowest BCUT2D eigenvalue weighted by molar-refractivity contribution is 0.0636. The molecule has 1 heterocycles. The summed E-state index contributed by atoms with van der Waals surface area (Å²) in [6.07, 6.45) is 3.88. The maximum Gasteiger partial charge on any atom is 0.412 e. The number of ether oxygens (including phenoxy) is 1. The molecule has 0 unspecified atom stereocenters. The Morgan fingerprint density at radius 2 is 1.93 bits per heavy atom. The summed E-state index contributed by atoms with van der Waals surface area (Å²) in [4.78, 5) is 18.7. The zero-order valence-corrected chi connectivity index (χ0v) is 8.44. The van der Waals surface area contributed by atoms with Gasteiger partial charge in [0.25, 0.3) is 0 Å². The van der Waals surface area contributed by atoms with Crippen LogP contribution in [0.5, 0.6) is 0 Å². The van der Waals surface area contributed by atoms with Gasteiger partial charge in [0.1, 0.15) is 11.9 Å². The van der Waals surface area contributed by atoms with E-state index in [-0.39, 0.29) is 0 Å². The van der Waals surface area contributed by atoms with Crippen LogP contribution in [-0.4, -0.2) is 21.7 Å². The SMILES string of the molecule is CC(C)(C)OC(=O)Nc1cncnc1. The first-order chi connectivity index (χ1) is 6.47. The molecule has 0 spiro atoms. The zero-order valence-electron chi connectivity index (χ0n) is 8.44. The fourth-order valence-electron chi connectivity index (χ4n) is 0.785. The van der Waals surface area contributed by atoms with E-state index in [4.69, 9.17) is 4.74 Å². The normalized spacial score (nSPS) is 10.8. The summed E-state index contributed by atoms with van der Waals surface area (Å²) in [5.74, 6) is 0. The first-order valence-corrected chi connectivity index (χ1v) is 4.22. The Bertz CT molecular complexity index is 306. The van der Waals surface area contributed by atoms with Gasteiger partial charge in [-0.3, -0.25) is 5.32 Å². The van der Waals surface area contributed by atoms with E-state index in [2.05, 4.69) is 15.3 Å². The fourth-order valence-corrected chi connectivity index (χ4v) is 0.785. The minimum atomic E-state index is -0.507. The third kappa shape index (κ3) is 3.84. The molecule has 0 aliphatic carbocycles. The van der Waals surface area contributed by atoms with Gasteiger partial charge in [-0.15, -0.1) is 0 Å². The van der Waals surface area contributed by atoms with Crippen molar-refractivity contribution in [2.75, 3.05) is 5.32 Å². The lowest BCUT2D eigenvalue weighted by Gasteiger charge is -2.19. The maximum absolute atomic E-state index is 11.2. The lowest BCUT2D eigenvalue weighted by Crippen LogP contribution is -2.27. The average molecular weight is 195 g/mol. The van der Waals surface area contributed by atoms with Gasteiger partial charge in [0.2, 0.25) is 0 Å². The highest BCUT2D eigenvalue weighted by molar-refractivity contribution is 5.84. The van der Waals surface area contributed by atoms with Crippen molar-refractivity contribution in [1.82, 2.24) is 9.97 Å². The Hall–Kier alpha value is -1.65. The second-order valence-electron chi connectivity index (χ2n) is 3.75. The van der Waals surface area contributed by atoms with Crippen LogP contribution < -0.4 is 5.32 Å². The van der Waals surface area contributed by atoms with E-state index >= 15 is 0 Å². The van der Waals surface area contributed by atoms with Crippen LogP contribution in [0.15, 0.2) is 18.7 Å². The summed E-state index contributed by atoms with van der Waals surface area (Å²) in [6, 6.07) is 0. The monoisotopic (exact) mass is 195 g/mol. The highest BCUT2D eigenvalue weighted by Gasteiger charge is 2.15. The van der Waals surface area contributed by atoms with E-state index in [0.717, 1.165) is 0 Å². The third-order valence-corrected chi connectivity index (χ3v) is 1.21. The number of anilines is 1. The van der Waals surface area contributed by atoms with Crippen molar-refractivity contribution in [3.05, 3.63) is 18.7 Å². The van der Waals surface area contributed by atoms with E-state index in [1.165, 1.54) is 18.7 Å². The van der Waals surface area contributed by atoms with Crippen molar-refractivity contribution in [1.29, 1.82) is 0 Å². The van der Waals surface area contributed by atoms with E-state index < -0.39 is 11.7 Å². The number of carbonyl (C=O) groups is 1. The predicted octanol–water partition coefficient (Wildman–Crippen LogP) is 1.82. The van der Waals surface area contributed by atoms with Crippen molar-refractivity contribution in [3.8, 4) is 0 Å². The van der Waals surface area contributed by atoms with E-state index in [0.29, 0.717) is 5.69 Å². The summed E-state index contributed by atoms with van der Waals surface area (Å²) in [7, 11) is 0. The molecule has 0 atom stereocenters. The number of hydrogen-bond donors (Lipinski definition) is 1. The van der Waals surface area contributed by atoms with Crippen LogP contribution in [0, 0.1) is 0 Å². The molecule has 0 saturated carbocycles. The first-order valence-electron chi connectivity index (χ1n) is 4.22. The number of amides is 1. The number of carbonyl (C=O) groups excluding carboxylic acids is 1. The van der Waals surface area contributed by atoms with E-state index in [1.54, 1.807) is 20.8 Å². The first kappa shape index (κ1) is 10.4. The molecule has 5 nitrogen and oxygen atoms in total. The number of nitrogens with one attached hydrogen (secondary N) is 1. The van der Waals surface area contributed by atoms with Crippen LogP contribution in [0.25, 0.3) is 0 Å². The molecule has 0 radical (unpaired) electrons. The molecular formula is C9H13N3O2. The molecule has 1 amide bonds. The van der Waals surface area contributed by atoms with Crippen LogP contribution in [0.4, 0.5) is 10.5 Å². The molecule has 0 aromatic carbocycles. The topological polar surface area (TPSA) is 64.1 Å². The number of hydrogen-bond acceptors (Lipinski definition) is 4. The van der Waals surface area contributed by atoms with Crippen LogP contribution in [0.2, 0.25) is 0 Å². The number of nitrogens with zero attached hydrogens (tertiary/aromatic N) is 2. The van der Waals surface area contributed by atoms with Crippen LogP contribution in [0.1, 0.15) is 20.8 Å². The van der Waals surface area contributed by atoms with Gasteiger partial charge in [0, 0.05) is 0 Å². The standard InChI is InChI=1S/C9H13N3O2/c1-9(2,3)14-8(13)12-7-4-10-6-11-5-7/h4-6H,1-3H3,(H,12,13). The van der Waals surface area contributed by atoms with Gasteiger partial charge in [0.15, 0.2) is 0 Å². The summed E-state index contributed by atoms with van der Waals surface area (Å²) >= 11 is 0. The Kier molecular flexibility index (Phi) is 3.01. The minimum absolute atomic E-state index is 0.500. The molecule has 1 aromatic heterocycles. The second kappa shape index (κ2) is 4.04. The molecule has 5 heteroatoms. The van der Waals surface area contributed by atoms with Crippen molar-refractivity contribution >= 4 is 11.8 Å². The van der Waals surface area contributed by atoms with Crippen LogP contribution in [0.3, 0.4) is 0 Å². The number of aromatic nitrogens is 2. The van der Waals surface area contributed by atoms with Crippen molar-refractivity contribution in [3.63, 3.8) is 0 Å². The molecule has 1 aromatic rings. The fraction of sp³-hybridized carbons (Fsp3) is 0.444. The summed E-state index contributed by atoms with van der Waals surface area (Å²) in [6.45, 7) is 5.40. The Morgan fingerprint density at radius 1 is 1.36 bits per heavy atom. The number of rotatable bonds is 1. The molecule has 14 heavy (non-hydrogen) atoms. The summed E-state index contributed by atoms with van der Waals surface area (Å²) in [5.41, 5.74) is 0.0152. The molecule has 0 bridgehead atoms. The molecule has 1 rings (SSSR count). The van der Waals surface area contributed by atoms with Gasteiger partial charge in [-0.2, -0.15) is 0 Å². The summed E-state index contributed by atoms with van der Waals surface area (Å²) in [5, 5.41) is 2.51. The Morgan fingerprint density at radius 3 is 2.43 bits per heavy atom. The second-order valence-corrected chi connectivity index (χ2v) is 3.75. The molecule has 1 N–H and O–H groups in total. The molecule has 0 aliphatic rings. The quantitative estimate of drug-likeness (QED) is 0.742. The van der Waals surface area contributed by atoms with Gasteiger partial charge in [-0.05, 0) is 20.8 Å². The molecule has 76 valence electrons. The smallest absolute Gasteiger partial charge is 0.412 e.